The summed E-state index contributed by atoms with van der Waals surface area (Å²) in [6.07, 6.45) is 17.7. The molecule has 7 aromatic heterocycles. The van der Waals surface area contributed by atoms with Crippen LogP contribution in [0.5, 0.6) is 0 Å². The van der Waals surface area contributed by atoms with Gasteiger partial charge in [0.15, 0.2) is 29.4 Å². The van der Waals surface area contributed by atoms with Gasteiger partial charge >= 0.3 is 0 Å². The number of likely N-dealkylation sites (tertiary alicyclic amines) is 1. The van der Waals surface area contributed by atoms with Crippen molar-refractivity contribution < 1.29 is 81.4 Å². The van der Waals surface area contributed by atoms with Gasteiger partial charge in [-0.1, -0.05) is 91.0 Å². The van der Waals surface area contributed by atoms with E-state index in [1.165, 1.54) is 127 Å². The van der Waals surface area contributed by atoms with Crippen molar-refractivity contribution in [3.63, 3.8) is 0 Å². The molecule has 0 bridgehead atoms. The van der Waals surface area contributed by atoms with E-state index in [1.807, 2.05) is 28.3 Å². The monoisotopic (exact) mass is 2000 g/mol. The molecular formula is C104H88F12N20O6S2. The van der Waals surface area contributed by atoms with E-state index in [2.05, 4.69) is 88.2 Å². The van der Waals surface area contributed by atoms with Gasteiger partial charge in [0.05, 0.1) is 103 Å². The summed E-state index contributed by atoms with van der Waals surface area (Å²) in [6.45, 7) is 5.52. The highest BCUT2D eigenvalue weighted by molar-refractivity contribution is 7.10. The van der Waals surface area contributed by atoms with E-state index < -0.39 is 76.3 Å². The molecule has 3 aliphatic rings. The van der Waals surface area contributed by atoms with Crippen molar-refractivity contribution in [2.24, 2.45) is 11.7 Å². The van der Waals surface area contributed by atoms with Gasteiger partial charge in [0.1, 0.15) is 52.6 Å². The highest BCUT2D eigenvalue weighted by Crippen LogP contribution is 2.35. The molecular weight excluding hydrogens is 1920 g/mol. The van der Waals surface area contributed by atoms with Gasteiger partial charge < -0.3 is 47.7 Å². The van der Waals surface area contributed by atoms with Crippen molar-refractivity contribution in [1.82, 2.24) is 71.4 Å². The Morgan fingerprint density at radius 3 is 1.08 bits per heavy atom. The van der Waals surface area contributed by atoms with E-state index in [4.69, 9.17) is 10.5 Å². The maximum atomic E-state index is 14.5. The number of ether oxygens (including phenoxy) is 1. The largest absolute Gasteiger partial charge is 0.366 e. The van der Waals surface area contributed by atoms with Crippen molar-refractivity contribution in [1.29, 1.82) is 0 Å². The molecule has 14 N–H and O–H groups in total. The molecule has 17 aromatic rings. The zero-order chi connectivity index (χ0) is 101. The second-order valence-electron chi connectivity index (χ2n) is 33.3. The minimum atomic E-state index is -0.960. The molecule has 26 nitrogen and oxygen atoms in total. The van der Waals surface area contributed by atoms with Gasteiger partial charge in [-0.25, -0.2) is 52.7 Å². The number of halogens is 12. The summed E-state index contributed by atoms with van der Waals surface area (Å²) in [5.74, 6) is -9.35. The minimum absolute atomic E-state index is 0.0314. The molecule has 10 aromatic carbocycles. The lowest BCUT2D eigenvalue weighted by Crippen LogP contribution is -2.48. The predicted octanol–water partition coefficient (Wildman–Crippen LogP) is 20.5. The zero-order valence-electron chi connectivity index (χ0n) is 76.3. The molecule has 40 heteroatoms. The first-order chi connectivity index (χ1) is 69.6. The summed E-state index contributed by atoms with van der Waals surface area (Å²) in [5, 5.41) is 60.7. The fraction of sp³-hybridized carbons (Fsp3) is 0.154. The number of carbonyl (C=O) groups excluding carboxylic acids is 5. The summed E-state index contributed by atoms with van der Waals surface area (Å²) in [6, 6.07) is 45.1. The first kappa shape index (κ1) is 101. The smallest absolute Gasteiger partial charge is 0.259 e. The average Bonchev–Trinajstić information content (AvgIpc) is 1.67. The van der Waals surface area contributed by atoms with Gasteiger partial charge in [0.25, 0.3) is 5.91 Å². The lowest BCUT2D eigenvalue weighted by Gasteiger charge is -2.26. The first-order valence-electron chi connectivity index (χ1n) is 44.8. The Kier molecular flexibility index (Phi) is 32.6. The number of aromatic amines is 5. The summed E-state index contributed by atoms with van der Waals surface area (Å²) < 4.78 is 169. The number of H-pyrrole nitrogens is 5. The number of benzene rings is 10. The van der Waals surface area contributed by atoms with Crippen LogP contribution in [0.15, 0.2) is 205 Å². The molecule has 0 aliphatic carbocycles. The van der Waals surface area contributed by atoms with E-state index in [-0.39, 0.29) is 82.1 Å². The molecule has 0 radical (unpaired) electrons. The Bertz CT molecular complexity index is 7670. The first-order valence-corrected chi connectivity index (χ1v) is 46.5. The summed E-state index contributed by atoms with van der Waals surface area (Å²) >= 11 is 2.72. The Labute approximate surface area is 820 Å². The number of aromatic nitrogens is 10. The van der Waals surface area contributed by atoms with Crippen LogP contribution >= 0.6 is 22.7 Å². The van der Waals surface area contributed by atoms with Crippen LogP contribution in [0.1, 0.15) is 91.0 Å². The van der Waals surface area contributed by atoms with E-state index in [0.29, 0.717) is 112 Å². The molecule has 3 aliphatic heterocycles. The van der Waals surface area contributed by atoms with Crippen molar-refractivity contribution >= 4 is 196 Å². The van der Waals surface area contributed by atoms with Crippen LogP contribution in [0.2, 0.25) is 0 Å². The molecule has 20 rings (SSSR count). The average molecular weight is 2010 g/mol. The molecule has 0 spiro atoms. The van der Waals surface area contributed by atoms with E-state index >= 15 is 0 Å². The number of thiophene rings is 2. The maximum absolute atomic E-state index is 14.5. The highest BCUT2D eigenvalue weighted by Gasteiger charge is 2.31. The number of fused-ring (bicyclic) bond motifs is 5. The third-order valence-corrected chi connectivity index (χ3v) is 25.2. The lowest BCUT2D eigenvalue weighted by atomic mass is 10.0. The number of piperazine rings is 1. The molecule has 0 saturated carbocycles. The van der Waals surface area contributed by atoms with Gasteiger partial charge in [0, 0.05) is 113 Å². The van der Waals surface area contributed by atoms with Crippen molar-refractivity contribution in [3.8, 4) is 0 Å². The van der Waals surface area contributed by atoms with Crippen molar-refractivity contribution in [2.45, 2.75) is 31.0 Å². The molecule has 10 heterocycles. The van der Waals surface area contributed by atoms with Gasteiger partial charge in [-0.2, -0.15) is 25.5 Å². The fourth-order valence-corrected chi connectivity index (χ4v) is 17.0. The van der Waals surface area contributed by atoms with E-state index in [9.17, 15) is 76.7 Å². The third kappa shape index (κ3) is 25.4. The van der Waals surface area contributed by atoms with Gasteiger partial charge in [-0.15, -0.1) is 22.7 Å². The van der Waals surface area contributed by atoms with Crippen LogP contribution in [0, 0.1) is 75.7 Å². The quantitative estimate of drug-likeness (QED) is 0.0250. The number of hydrogen-bond donors (Lipinski definition) is 13. The molecule has 3 atom stereocenters. The topological polar surface area (TPSA) is 355 Å². The number of rotatable bonds is 24. The van der Waals surface area contributed by atoms with Crippen LogP contribution < -0.4 is 43.0 Å². The number of methoxy groups -OCH3 is 1. The van der Waals surface area contributed by atoms with Crippen LogP contribution in [-0.2, 0) is 28.7 Å². The van der Waals surface area contributed by atoms with Crippen LogP contribution in [0.4, 0.5) is 81.1 Å². The summed E-state index contributed by atoms with van der Waals surface area (Å²) in [5.41, 5.74) is 14.7. The molecule has 736 valence electrons. The zero-order valence-corrected chi connectivity index (χ0v) is 77.9. The SMILES string of the molecule is CN1CCC[C@H]1C(=O)Nc1cc2c(/C=C/c3ccc(F)c(F)c3)n[nH]c2cc1F.COC(C(=O)Nc1cc2c(/C=C/c3ccc(F)cc3)n[nH]c2cc1F)c1cccs1.N[C@@H](C(=O)Nc1cc2c(/C=C/c3ccc(F)c(F)c3)n[nH]c2cc1F)c1cccs1.O=C(CN1CCNCC1)Nc1cc2c(/C=C/c3ccc(F)cc3)n[nH]c2cc1F.O=C(Nc1cc2c(/C=C/c3ccc(F)cc3)n[nH]c2cc1F)C1CNC1. The Balaban J connectivity index is 0.000000129. The van der Waals surface area contributed by atoms with Crippen LogP contribution in [0.25, 0.3) is 115 Å². The van der Waals surface area contributed by atoms with Crippen molar-refractivity contribution in [3.05, 3.63) is 341 Å². The number of nitrogens with zero attached hydrogens (tertiary/aromatic N) is 7. The second-order valence-corrected chi connectivity index (χ2v) is 35.2. The third-order valence-electron chi connectivity index (χ3n) is 23.3. The fourth-order valence-electron chi connectivity index (χ4n) is 15.5. The number of hydrogen-bond acceptors (Lipinski definition) is 18. The maximum Gasteiger partial charge on any atom is 0.259 e. The number of amides is 5. The van der Waals surface area contributed by atoms with Crippen LogP contribution in [0.3, 0.4) is 0 Å². The number of carbonyl (C=O) groups is 5. The normalized spacial score (nSPS) is 14.5. The predicted molar refractivity (Wildman–Crippen MR) is 537 cm³/mol. The minimum Gasteiger partial charge on any atom is -0.366 e. The molecule has 3 saturated heterocycles. The molecule has 1 unspecified atom stereocenters. The number of anilines is 5. The second kappa shape index (κ2) is 46.6. The standard InChI is InChI=1S/C22H17F2N3O2S.C21H15F3N4OS.C21H19F3N4O.C21H21F2N5O.C19H16F2N4O/c1-29-21(20-3-2-10-30-20)22(28)25-19-11-15-17(26-27-18(15)12-16(19)24)9-6-13-4-7-14(23)8-5-13;22-13-5-3-11(8-14(13)23)4-6-16-12-9-18(15(24)10-17(12)28-27-16)26-21(29)20(25)19-2-1-7-30-19;1-28-8-2-3-20(28)21(29)25-19-10-13-17(26-27-18(13)11-16(19)24)7-5-12-4-6-14(22)15(23)9-12;22-15-4-1-14(2-5-15)3-6-18-16-11-20(17(23)12-19(16)27-26-18)25-21(29)13-28-9-7-24-8-10-28;20-13-4-1-11(2-5-13)3-6-16-14-7-18(15(21)8-17(14)25-24-16)23-19(26)12-9-22-10-12/h2-12,21H,1H3,(H,25,28)(H,26,27);1-10,20H,25H2,(H,26,29)(H,27,28);4-7,9-11,20H,2-3,8H2,1H3,(H,25,29)(H,26,27);1-6,11-12,24H,7-10,13H2,(H,25,29)(H,26,27);1-8,12,22H,9-10H2,(H,23,26)(H,24,25)/b9-6+;6-4+;7-5+;2*6-3+/t;2*20-;;/m.10../s1. The number of nitrogens with one attached hydrogen (secondary N) is 12. The van der Waals surface area contributed by atoms with Crippen molar-refractivity contribution in [2.75, 3.05) is 93.1 Å². The van der Waals surface area contributed by atoms with Gasteiger partial charge in [-0.3, -0.25) is 59.3 Å². The van der Waals surface area contributed by atoms with Gasteiger partial charge in [-0.05, 0) is 199 Å². The summed E-state index contributed by atoms with van der Waals surface area (Å²) in [4.78, 5) is 67.2. The Morgan fingerprint density at radius 2 is 0.743 bits per heavy atom. The highest BCUT2D eigenvalue weighted by atomic mass is 32.1. The Morgan fingerprint density at radius 1 is 0.396 bits per heavy atom. The molecule has 3 fully saturated rings. The number of likely N-dealkylation sites (N-methyl/N-ethyl adjacent to an activating group) is 1. The van der Waals surface area contributed by atoms with E-state index in [0.717, 1.165) is 91.4 Å². The van der Waals surface area contributed by atoms with E-state index in [1.54, 1.807) is 133 Å². The lowest BCUT2D eigenvalue weighted by molar-refractivity contribution is -0.126. The molecule has 144 heavy (non-hydrogen) atoms. The Hall–Kier alpha value is -16.1. The number of nitrogens with two attached hydrogens (primary N) is 1. The molecule has 5 amide bonds. The summed E-state index contributed by atoms with van der Waals surface area (Å²) in [7, 11) is 3.30. The van der Waals surface area contributed by atoms with Crippen LogP contribution in [-0.4, -0.2) is 163 Å². The van der Waals surface area contributed by atoms with Gasteiger partial charge in [0.2, 0.25) is 23.6 Å².